The van der Waals surface area contributed by atoms with Crippen LogP contribution in [0.2, 0.25) is 0 Å². The molecule has 4 nitrogen and oxygen atoms in total. The number of halogens is 3. The Balaban J connectivity index is 1.73. The first-order valence-electron chi connectivity index (χ1n) is 6.94. The van der Waals surface area contributed by atoms with Crippen LogP contribution in [0.5, 0.6) is 5.75 Å². The van der Waals surface area contributed by atoms with Crippen molar-refractivity contribution in [2.24, 2.45) is 0 Å². The Labute approximate surface area is 125 Å². The van der Waals surface area contributed by atoms with Gasteiger partial charge in [-0.05, 0) is 30.5 Å². The van der Waals surface area contributed by atoms with Crippen LogP contribution in [-0.4, -0.2) is 29.4 Å². The van der Waals surface area contributed by atoms with Crippen LogP contribution in [0.1, 0.15) is 12.8 Å². The summed E-state index contributed by atoms with van der Waals surface area (Å²) in [5, 5.41) is 0. The summed E-state index contributed by atoms with van der Waals surface area (Å²) in [6, 6.07) is 5.65. The Hall–Kier alpha value is -2.31. The Morgan fingerprint density at radius 2 is 1.50 bits per heavy atom. The normalized spacial score (nSPS) is 15.1. The van der Waals surface area contributed by atoms with Crippen molar-refractivity contribution in [2.45, 2.75) is 19.2 Å². The molecular formula is C15H14F3N3O. The second-order valence-electron chi connectivity index (χ2n) is 5.04. The van der Waals surface area contributed by atoms with Crippen molar-refractivity contribution < 1.29 is 17.9 Å². The van der Waals surface area contributed by atoms with E-state index in [0.29, 0.717) is 5.95 Å². The number of aromatic nitrogens is 2. The fourth-order valence-electron chi connectivity index (χ4n) is 2.40. The number of anilines is 1. The van der Waals surface area contributed by atoms with E-state index in [4.69, 9.17) is 0 Å². The van der Waals surface area contributed by atoms with Gasteiger partial charge in [0.25, 0.3) is 0 Å². The molecule has 1 saturated heterocycles. The highest BCUT2D eigenvalue weighted by molar-refractivity contribution is 5.63. The Morgan fingerprint density at radius 3 is 2.05 bits per heavy atom. The molecule has 1 aliphatic rings. The molecule has 1 aromatic heterocycles. The van der Waals surface area contributed by atoms with Gasteiger partial charge in [0.2, 0.25) is 5.95 Å². The SMILES string of the molecule is FC(F)(F)Oc1ccc(-c2cnc(N3CCCC3)nc2)cc1. The molecule has 3 rings (SSSR count). The number of benzene rings is 1. The number of hydrogen-bond acceptors (Lipinski definition) is 4. The maximum absolute atomic E-state index is 12.1. The van der Waals surface area contributed by atoms with E-state index in [-0.39, 0.29) is 5.75 Å². The van der Waals surface area contributed by atoms with E-state index in [1.165, 1.54) is 12.1 Å². The van der Waals surface area contributed by atoms with Crippen molar-refractivity contribution in [1.29, 1.82) is 0 Å². The number of rotatable bonds is 3. The first-order valence-corrected chi connectivity index (χ1v) is 6.94. The second-order valence-corrected chi connectivity index (χ2v) is 5.04. The summed E-state index contributed by atoms with van der Waals surface area (Å²) in [6.45, 7) is 1.92. The molecule has 7 heteroatoms. The van der Waals surface area contributed by atoms with E-state index in [1.807, 2.05) is 0 Å². The third-order valence-electron chi connectivity index (χ3n) is 3.45. The Kier molecular flexibility index (Phi) is 3.87. The molecule has 0 N–H and O–H groups in total. The van der Waals surface area contributed by atoms with Gasteiger partial charge >= 0.3 is 6.36 Å². The summed E-state index contributed by atoms with van der Waals surface area (Å²) in [5.41, 5.74) is 1.49. The zero-order valence-electron chi connectivity index (χ0n) is 11.7. The van der Waals surface area contributed by atoms with Crippen molar-refractivity contribution in [3.63, 3.8) is 0 Å². The van der Waals surface area contributed by atoms with Gasteiger partial charge in [-0.25, -0.2) is 9.97 Å². The fraction of sp³-hybridized carbons (Fsp3) is 0.333. The van der Waals surface area contributed by atoms with Gasteiger partial charge in [-0.3, -0.25) is 0 Å². The molecule has 1 fully saturated rings. The van der Waals surface area contributed by atoms with Crippen LogP contribution in [-0.2, 0) is 0 Å². The smallest absolute Gasteiger partial charge is 0.406 e. The van der Waals surface area contributed by atoms with Crippen LogP contribution >= 0.6 is 0 Å². The number of alkyl halides is 3. The van der Waals surface area contributed by atoms with Crippen LogP contribution in [0.25, 0.3) is 11.1 Å². The lowest BCUT2D eigenvalue weighted by Crippen LogP contribution is -2.20. The molecular weight excluding hydrogens is 295 g/mol. The summed E-state index contributed by atoms with van der Waals surface area (Å²) in [5.74, 6) is 0.448. The van der Waals surface area contributed by atoms with Gasteiger partial charge in [0.1, 0.15) is 5.75 Å². The van der Waals surface area contributed by atoms with Crippen molar-refractivity contribution in [2.75, 3.05) is 18.0 Å². The van der Waals surface area contributed by atoms with Crippen molar-refractivity contribution >= 4 is 5.95 Å². The largest absolute Gasteiger partial charge is 0.573 e. The predicted molar refractivity (Wildman–Crippen MR) is 75.6 cm³/mol. The molecule has 1 aliphatic heterocycles. The number of nitrogens with zero attached hydrogens (tertiary/aromatic N) is 3. The average Bonchev–Trinajstić information content (AvgIpc) is 3.01. The average molecular weight is 309 g/mol. The molecule has 0 spiro atoms. The standard InChI is InChI=1S/C15H14F3N3O/c16-15(17,18)22-13-5-3-11(4-6-13)12-9-19-14(20-10-12)21-7-1-2-8-21/h3-6,9-10H,1-2,7-8H2. The van der Waals surface area contributed by atoms with E-state index in [1.54, 1.807) is 24.5 Å². The van der Waals surface area contributed by atoms with Gasteiger partial charge in [-0.1, -0.05) is 12.1 Å². The van der Waals surface area contributed by atoms with Crippen LogP contribution in [0.15, 0.2) is 36.7 Å². The summed E-state index contributed by atoms with van der Waals surface area (Å²) >= 11 is 0. The minimum Gasteiger partial charge on any atom is -0.406 e. The zero-order valence-corrected chi connectivity index (χ0v) is 11.7. The molecule has 0 saturated carbocycles. The highest BCUT2D eigenvalue weighted by Crippen LogP contribution is 2.26. The molecule has 116 valence electrons. The Bertz CT molecular complexity index is 620. The lowest BCUT2D eigenvalue weighted by molar-refractivity contribution is -0.274. The number of ether oxygens (including phenoxy) is 1. The van der Waals surface area contributed by atoms with Gasteiger partial charge in [0, 0.05) is 31.0 Å². The summed E-state index contributed by atoms with van der Waals surface area (Å²) in [4.78, 5) is 10.8. The van der Waals surface area contributed by atoms with Crippen LogP contribution in [0.4, 0.5) is 19.1 Å². The summed E-state index contributed by atoms with van der Waals surface area (Å²) < 4.78 is 40.2. The highest BCUT2D eigenvalue weighted by atomic mass is 19.4. The first-order chi connectivity index (χ1) is 10.5. The second kappa shape index (κ2) is 5.82. The van der Waals surface area contributed by atoms with Crippen LogP contribution in [0, 0.1) is 0 Å². The van der Waals surface area contributed by atoms with Gasteiger partial charge in [-0.2, -0.15) is 0 Å². The van der Waals surface area contributed by atoms with E-state index >= 15 is 0 Å². The molecule has 22 heavy (non-hydrogen) atoms. The molecule has 0 radical (unpaired) electrons. The van der Waals surface area contributed by atoms with Crippen molar-refractivity contribution in [3.05, 3.63) is 36.7 Å². The Morgan fingerprint density at radius 1 is 0.909 bits per heavy atom. The first kappa shape index (κ1) is 14.6. The minimum atomic E-state index is -4.68. The molecule has 2 aromatic rings. The maximum atomic E-state index is 12.1. The fourth-order valence-corrected chi connectivity index (χ4v) is 2.40. The lowest BCUT2D eigenvalue weighted by Gasteiger charge is -2.14. The molecule has 0 atom stereocenters. The third-order valence-corrected chi connectivity index (χ3v) is 3.45. The number of hydrogen-bond donors (Lipinski definition) is 0. The summed E-state index contributed by atoms with van der Waals surface area (Å²) in [6.07, 6.45) is 0.972. The zero-order chi connectivity index (χ0) is 15.6. The van der Waals surface area contributed by atoms with E-state index < -0.39 is 6.36 Å². The summed E-state index contributed by atoms with van der Waals surface area (Å²) in [7, 11) is 0. The van der Waals surface area contributed by atoms with Crippen LogP contribution in [0.3, 0.4) is 0 Å². The minimum absolute atomic E-state index is 0.245. The van der Waals surface area contributed by atoms with E-state index in [0.717, 1.165) is 37.1 Å². The molecule has 2 heterocycles. The maximum Gasteiger partial charge on any atom is 0.573 e. The van der Waals surface area contributed by atoms with E-state index in [9.17, 15) is 13.2 Å². The molecule has 0 unspecified atom stereocenters. The van der Waals surface area contributed by atoms with Gasteiger partial charge in [-0.15, -0.1) is 13.2 Å². The van der Waals surface area contributed by atoms with Crippen molar-refractivity contribution in [1.82, 2.24) is 9.97 Å². The molecule has 0 bridgehead atoms. The molecule has 0 amide bonds. The quantitative estimate of drug-likeness (QED) is 0.867. The highest BCUT2D eigenvalue weighted by Gasteiger charge is 2.30. The molecule has 1 aromatic carbocycles. The third kappa shape index (κ3) is 3.47. The lowest BCUT2D eigenvalue weighted by atomic mass is 10.1. The molecule has 0 aliphatic carbocycles. The van der Waals surface area contributed by atoms with Crippen molar-refractivity contribution in [3.8, 4) is 16.9 Å². The van der Waals surface area contributed by atoms with Gasteiger partial charge < -0.3 is 9.64 Å². The van der Waals surface area contributed by atoms with Crippen LogP contribution < -0.4 is 9.64 Å². The van der Waals surface area contributed by atoms with E-state index in [2.05, 4.69) is 19.6 Å². The predicted octanol–water partition coefficient (Wildman–Crippen LogP) is 3.64. The topological polar surface area (TPSA) is 38.2 Å². The van der Waals surface area contributed by atoms with Gasteiger partial charge in [0.05, 0.1) is 0 Å². The monoisotopic (exact) mass is 309 g/mol. The van der Waals surface area contributed by atoms with Gasteiger partial charge in [0.15, 0.2) is 0 Å².